The van der Waals surface area contributed by atoms with Crippen LogP contribution in [0.15, 0.2) is 10.9 Å². The zero-order valence-corrected chi connectivity index (χ0v) is 11.7. The molecule has 0 saturated heterocycles. The van der Waals surface area contributed by atoms with E-state index in [4.69, 9.17) is 5.73 Å². The van der Waals surface area contributed by atoms with Gasteiger partial charge in [0.25, 0.3) is 5.91 Å². The summed E-state index contributed by atoms with van der Waals surface area (Å²) in [5.41, 5.74) is 8.35. The maximum absolute atomic E-state index is 12.0. The van der Waals surface area contributed by atoms with Crippen LogP contribution in [0.25, 0.3) is 0 Å². The standard InChI is InChI=1S/C11H13N5OS2/c12-9-8(19-11(16-9)15-6-1-2-6)10(17)13-3-7-4-18-5-14-7/h4-6H,1-3,12H2,(H,13,17)(H,15,16). The number of aromatic nitrogens is 2. The van der Waals surface area contributed by atoms with Crippen LogP contribution in [-0.2, 0) is 6.54 Å². The Hall–Kier alpha value is -1.67. The first-order valence-electron chi connectivity index (χ1n) is 5.90. The molecule has 0 spiro atoms. The average molecular weight is 295 g/mol. The molecule has 1 aliphatic carbocycles. The fraction of sp³-hybridized carbons (Fsp3) is 0.364. The molecule has 0 bridgehead atoms. The van der Waals surface area contributed by atoms with Crippen molar-refractivity contribution in [2.45, 2.75) is 25.4 Å². The molecule has 3 rings (SSSR count). The molecule has 1 saturated carbocycles. The minimum atomic E-state index is -0.202. The fourth-order valence-electron chi connectivity index (χ4n) is 1.53. The zero-order chi connectivity index (χ0) is 13.2. The summed E-state index contributed by atoms with van der Waals surface area (Å²) in [5.74, 6) is 0.0794. The summed E-state index contributed by atoms with van der Waals surface area (Å²) in [6.07, 6.45) is 2.32. The number of hydrogen-bond acceptors (Lipinski definition) is 7. The third-order valence-electron chi connectivity index (χ3n) is 2.68. The molecular formula is C11H13N5OS2. The highest BCUT2D eigenvalue weighted by atomic mass is 32.1. The molecule has 6 nitrogen and oxygen atoms in total. The average Bonchev–Trinajstić information content (AvgIpc) is 2.90. The number of carbonyl (C=O) groups is 1. The maximum atomic E-state index is 12.0. The molecule has 19 heavy (non-hydrogen) atoms. The van der Waals surface area contributed by atoms with Crippen LogP contribution in [0, 0.1) is 0 Å². The molecule has 8 heteroatoms. The van der Waals surface area contributed by atoms with E-state index >= 15 is 0 Å². The van der Waals surface area contributed by atoms with E-state index in [0.29, 0.717) is 17.5 Å². The van der Waals surface area contributed by atoms with Crippen LogP contribution >= 0.6 is 22.7 Å². The van der Waals surface area contributed by atoms with Gasteiger partial charge in [-0.05, 0) is 12.8 Å². The normalized spacial score (nSPS) is 14.3. The Labute approximate surface area is 118 Å². The van der Waals surface area contributed by atoms with E-state index in [1.807, 2.05) is 5.38 Å². The van der Waals surface area contributed by atoms with Gasteiger partial charge in [0.05, 0.1) is 17.7 Å². The van der Waals surface area contributed by atoms with Crippen molar-refractivity contribution in [3.05, 3.63) is 21.5 Å². The number of rotatable bonds is 5. The van der Waals surface area contributed by atoms with Gasteiger partial charge in [-0.1, -0.05) is 11.3 Å². The molecule has 0 radical (unpaired) electrons. The Morgan fingerprint density at radius 3 is 3.05 bits per heavy atom. The molecule has 4 N–H and O–H groups in total. The van der Waals surface area contributed by atoms with Crippen molar-refractivity contribution >= 4 is 39.5 Å². The van der Waals surface area contributed by atoms with Gasteiger partial charge in [0.15, 0.2) is 5.13 Å². The predicted molar refractivity (Wildman–Crippen MR) is 76.5 cm³/mol. The van der Waals surface area contributed by atoms with E-state index in [-0.39, 0.29) is 11.7 Å². The first kappa shape index (κ1) is 12.4. The molecule has 0 unspecified atom stereocenters. The molecule has 0 aromatic carbocycles. The Morgan fingerprint density at radius 1 is 1.53 bits per heavy atom. The Bertz CT molecular complexity index is 576. The Balaban J connectivity index is 1.63. The lowest BCUT2D eigenvalue weighted by molar-refractivity contribution is 0.0955. The highest BCUT2D eigenvalue weighted by Gasteiger charge is 2.24. The second-order valence-corrected chi connectivity index (χ2v) is 6.03. The number of nitrogens with zero attached hydrogens (tertiary/aromatic N) is 2. The van der Waals surface area contributed by atoms with Crippen LogP contribution in [0.4, 0.5) is 10.9 Å². The van der Waals surface area contributed by atoms with E-state index in [1.54, 1.807) is 5.51 Å². The second-order valence-electron chi connectivity index (χ2n) is 4.31. The van der Waals surface area contributed by atoms with Crippen molar-refractivity contribution in [2.24, 2.45) is 0 Å². The first-order chi connectivity index (χ1) is 9.22. The van der Waals surface area contributed by atoms with Crippen molar-refractivity contribution in [3.63, 3.8) is 0 Å². The fourth-order valence-corrected chi connectivity index (χ4v) is 2.97. The van der Waals surface area contributed by atoms with E-state index in [9.17, 15) is 4.79 Å². The van der Waals surface area contributed by atoms with E-state index < -0.39 is 0 Å². The van der Waals surface area contributed by atoms with Gasteiger partial charge in [-0.15, -0.1) is 11.3 Å². The van der Waals surface area contributed by atoms with Gasteiger partial charge in [-0.2, -0.15) is 0 Å². The Morgan fingerprint density at radius 2 is 2.37 bits per heavy atom. The number of anilines is 2. The SMILES string of the molecule is Nc1nc(NC2CC2)sc1C(=O)NCc1cscn1. The molecule has 1 amide bonds. The zero-order valence-electron chi connectivity index (χ0n) is 10.0. The lowest BCUT2D eigenvalue weighted by Gasteiger charge is -2.00. The lowest BCUT2D eigenvalue weighted by Crippen LogP contribution is -2.22. The van der Waals surface area contributed by atoms with Crippen LogP contribution in [-0.4, -0.2) is 21.9 Å². The number of nitrogens with two attached hydrogens (primary N) is 1. The van der Waals surface area contributed by atoms with Crippen LogP contribution in [0.3, 0.4) is 0 Å². The molecule has 0 aliphatic heterocycles. The van der Waals surface area contributed by atoms with Gasteiger partial charge in [-0.25, -0.2) is 9.97 Å². The monoisotopic (exact) mass is 295 g/mol. The molecule has 100 valence electrons. The van der Waals surface area contributed by atoms with Crippen molar-refractivity contribution in [3.8, 4) is 0 Å². The van der Waals surface area contributed by atoms with Crippen LogP contribution in [0.5, 0.6) is 0 Å². The third kappa shape index (κ3) is 3.02. The predicted octanol–water partition coefficient (Wildman–Crippen LogP) is 1.69. The minimum absolute atomic E-state index is 0.202. The molecule has 2 aromatic rings. The van der Waals surface area contributed by atoms with Crippen molar-refractivity contribution < 1.29 is 4.79 Å². The largest absolute Gasteiger partial charge is 0.382 e. The van der Waals surface area contributed by atoms with Crippen LogP contribution in [0.2, 0.25) is 0 Å². The summed E-state index contributed by atoms with van der Waals surface area (Å²) in [4.78, 5) is 20.7. The number of nitrogen functional groups attached to an aromatic ring is 1. The lowest BCUT2D eigenvalue weighted by atomic mass is 10.4. The summed E-state index contributed by atoms with van der Waals surface area (Å²) in [7, 11) is 0. The van der Waals surface area contributed by atoms with Crippen molar-refractivity contribution in [1.82, 2.24) is 15.3 Å². The Kier molecular flexibility index (Phi) is 3.34. The van der Waals surface area contributed by atoms with Gasteiger partial charge >= 0.3 is 0 Å². The van der Waals surface area contributed by atoms with Gasteiger partial charge in [0.2, 0.25) is 0 Å². The highest BCUT2D eigenvalue weighted by Crippen LogP contribution is 2.30. The second kappa shape index (κ2) is 5.14. The van der Waals surface area contributed by atoms with E-state index in [0.717, 1.165) is 23.7 Å². The van der Waals surface area contributed by atoms with Crippen molar-refractivity contribution in [2.75, 3.05) is 11.1 Å². The van der Waals surface area contributed by atoms with Crippen LogP contribution in [0.1, 0.15) is 28.2 Å². The quantitative estimate of drug-likeness (QED) is 0.780. The van der Waals surface area contributed by atoms with Crippen molar-refractivity contribution in [1.29, 1.82) is 0 Å². The molecule has 1 aliphatic rings. The van der Waals surface area contributed by atoms with Gasteiger partial charge in [-0.3, -0.25) is 4.79 Å². The summed E-state index contributed by atoms with van der Waals surface area (Å²) in [5, 5.41) is 8.65. The molecular weight excluding hydrogens is 282 g/mol. The molecule has 2 heterocycles. The smallest absolute Gasteiger partial charge is 0.265 e. The summed E-state index contributed by atoms with van der Waals surface area (Å²) >= 11 is 2.80. The summed E-state index contributed by atoms with van der Waals surface area (Å²) in [6, 6.07) is 0.497. The van der Waals surface area contributed by atoms with Gasteiger partial charge in [0, 0.05) is 11.4 Å². The minimum Gasteiger partial charge on any atom is -0.382 e. The summed E-state index contributed by atoms with van der Waals surface area (Å²) in [6.45, 7) is 0.408. The molecule has 1 fully saturated rings. The third-order valence-corrected chi connectivity index (χ3v) is 4.31. The van der Waals surface area contributed by atoms with Gasteiger partial charge < -0.3 is 16.4 Å². The summed E-state index contributed by atoms with van der Waals surface area (Å²) < 4.78 is 0. The number of hydrogen-bond donors (Lipinski definition) is 3. The topological polar surface area (TPSA) is 92.9 Å². The van der Waals surface area contributed by atoms with E-state index in [2.05, 4.69) is 20.6 Å². The number of thiazole rings is 2. The number of carbonyl (C=O) groups excluding carboxylic acids is 1. The maximum Gasteiger partial charge on any atom is 0.265 e. The number of nitrogens with one attached hydrogen (secondary N) is 2. The molecule has 0 atom stereocenters. The highest BCUT2D eigenvalue weighted by molar-refractivity contribution is 7.18. The van der Waals surface area contributed by atoms with E-state index in [1.165, 1.54) is 22.7 Å². The van der Waals surface area contributed by atoms with Gasteiger partial charge in [0.1, 0.15) is 10.7 Å². The van der Waals surface area contributed by atoms with Crippen LogP contribution < -0.4 is 16.4 Å². The number of amides is 1. The molecule has 2 aromatic heterocycles. The first-order valence-corrected chi connectivity index (χ1v) is 7.66.